The molecule has 3 aromatic rings. The summed E-state index contributed by atoms with van der Waals surface area (Å²) in [6.07, 6.45) is 4.43. The predicted octanol–water partition coefficient (Wildman–Crippen LogP) is 7.05. The fourth-order valence-electron chi connectivity index (χ4n) is 10.4. The smallest absolute Gasteiger partial charge is 0.416 e. The maximum absolute atomic E-state index is 14.1. The first-order valence-corrected chi connectivity index (χ1v) is 26.3. The van der Waals surface area contributed by atoms with Gasteiger partial charge in [0.25, 0.3) is 11.8 Å². The number of rotatable bonds is 24. The highest BCUT2D eigenvalue weighted by atomic mass is 16.6. The average Bonchev–Trinajstić information content (AvgIpc) is 4.03. The van der Waals surface area contributed by atoms with E-state index < -0.39 is 18.4 Å². The first-order valence-electron chi connectivity index (χ1n) is 26.3. The number of aliphatic hydroxyl groups is 1. The van der Waals surface area contributed by atoms with Gasteiger partial charge in [0.1, 0.15) is 18.1 Å². The number of benzene rings is 3. The molecule has 3 aromatic carbocycles. The number of aliphatic hydroxyl groups excluding tert-OH is 1. The molecular formula is C56H70N6O13. The lowest BCUT2D eigenvalue weighted by Crippen LogP contribution is -2.50. The number of Topliss-reactive ketones (excluding diaryl/α,β-unsaturated/α-hetero) is 2. The number of hydrogen-bond acceptors (Lipinski definition) is 15. The number of ether oxygens (including phenoxy) is 5. The van der Waals surface area contributed by atoms with E-state index in [1.54, 1.807) is 67.5 Å². The van der Waals surface area contributed by atoms with E-state index >= 15 is 0 Å². The van der Waals surface area contributed by atoms with Crippen LogP contribution in [0.3, 0.4) is 0 Å². The number of fused-ring (bicyclic) bond motifs is 4. The number of carbonyl (C=O) groups is 7. The molecule has 3 saturated heterocycles. The van der Waals surface area contributed by atoms with Crippen molar-refractivity contribution in [1.82, 2.24) is 14.7 Å². The van der Waals surface area contributed by atoms with Crippen LogP contribution in [0.4, 0.5) is 21.9 Å². The first kappa shape index (κ1) is 54.4. The van der Waals surface area contributed by atoms with Gasteiger partial charge in [0, 0.05) is 81.9 Å². The van der Waals surface area contributed by atoms with Crippen LogP contribution in [0.25, 0.3) is 0 Å². The lowest BCUT2D eigenvalue weighted by atomic mass is 10.0. The fraction of sp³-hybridized carbons (Fsp3) is 0.536. The summed E-state index contributed by atoms with van der Waals surface area (Å²) in [4.78, 5) is 101. The lowest BCUT2D eigenvalue weighted by molar-refractivity contribution is -0.139. The van der Waals surface area contributed by atoms with Gasteiger partial charge in [-0.05, 0) is 92.7 Å². The highest BCUT2D eigenvalue weighted by Crippen LogP contribution is 2.41. The predicted molar refractivity (Wildman–Crippen MR) is 278 cm³/mol. The second kappa shape index (κ2) is 24.7. The van der Waals surface area contributed by atoms with Gasteiger partial charge in [0.2, 0.25) is 11.8 Å². The number of likely N-dealkylation sites (tertiary alicyclic amines) is 1. The maximum Gasteiger partial charge on any atom is 0.416 e. The SMILES string of the molecule is COc1cc2c(cc1OCCCCCOc1cc3c(cc1C)C(=O)N1CC(C)C[C@H]1[C@H](O)N3C(=O)OCc1ccc(NCC(=O)CCOCCCC(=O)CCN3C(=O)CC(C)C3=O)cc1)N=C[C@@H]1CC(C)CN1C2=O. The average molecular weight is 1040 g/mol. The van der Waals surface area contributed by atoms with Crippen molar-refractivity contribution in [2.24, 2.45) is 22.7 Å². The molecule has 0 saturated carbocycles. The number of carbonyl (C=O) groups excluding carboxylic acids is 7. The van der Waals surface area contributed by atoms with Crippen LogP contribution in [0.15, 0.2) is 53.5 Å². The Morgan fingerprint density at radius 3 is 2.21 bits per heavy atom. The third-order valence-electron chi connectivity index (χ3n) is 14.6. The van der Waals surface area contributed by atoms with E-state index in [0.29, 0.717) is 110 Å². The second-order valence-electron chi connectivity index (χ2n) is 20.6. The summed E-state index contributed by atoms with van der Waals surface area (Å²) in [6, 6.07) is 13.2. The number of nitrogens with one attached hydrogen (secondary N) is 1. The number of ketones is 2. The zero-order chi connectivity index (χ0) is 53.3. The van der Waals surface area contributed by atoms with Gasteiger partial charge in [-0.3, -0.25) is 38.7 Å². The van der Waals surface area contributed by atoms with Crippen molar-refractivity contribution in [3.8, 4) is 17.2 Å². The van der Waals surface area contributed by atoms with Crippen LogP contribution in [-0.4, -0.2) is 145 Å². The van der Waals surface area contributed by atoms with Crippen LogP contribution >= 0.6 is 0 Å². The van der Waals surface area contributed by atoms with Gasteiger partial charge in [-0.1, -0.05) is 32.9 Å². The topological polar surface area (TPSA) is 223 Å². The zero-order valence-electron chi connectivity index (χ0n) is 43.7. The molecule has 402 valence electrons. The molecule has 8 rings (SSSR count). The maximum atomic E-state index is 14.1. The van der Waals surface area contributed by atoms with Crippen LogP contribution < -0.4 is 24.4 Å². The summed E-state index contributed by atoms with van der Waals surface area (Å²) in [6.45, 7) is 10.1. The summed E-state index contributed by atoms with van der Waals surface area (Å²) in [7, 11) is 1.55. The van der Waals surface area contributed by atoms with Crippen molar-refractivity contribution >= 4 is 64.6 Å². The Morgan fingerprint density at radius 1 is 0.760 bits per heavy atom. The van der Waals surface area contributed by atoms with E-state index in [-0.39, 0.29) is 116 Å². The number of unbranched alkanes of at least 4 members (excludes halogenated alkanes) is 2. The van der Waals surface area contributed by atoms with E-state index in [9.17, 15) is 38.7 Å². The van der Waals surface area contributed by atoms with Crippen LogP contribution in [0.5, 0.6) is 17.2 Å². The Labute approximate surface area is 437 Å². The number of hydrogen-bond donors (Lipinski definition) is 2. The molecule has 0 spiro atoms. The molecule has 2 N–H and O–H groups in total. The second-order valence-corrected chi connectivity index (χ2v) is 20.6. The van der Waals surface area contributed by atoms with E-state index in [0.717, 1.165) is 17.7 Å². The monoisotopic (exact) mass is 1030 g/mol. The molecule has 5 heterocycles. The number of aryl methyl sites for hydroxylation is 1. The van der Waals surface area contributed by atoms with Crippen molar-refractivity contribution in [1.29, 1.82) is 0 Å². The van der Waals surface area contributed by atoms with Gasteiger partial charge in [-0.15, -0.1) is 0 Å². The van der Waals surface area contributed by atoms with Crippen LogP contribution in [-0.2, 0) is 35.3 Å². The molecule has 0 bridgehead atoms. The molecular weight excluding hydrogens is 965 g/mol. The Morgan fingerprint density at radius 2 is 1.48 bits per heavy atom. The van der Waals surface area contributed by atoms with Gasteiger partial charge in [0.15, 0.2) is 23.5 Å². The lowest BCUT2D eigenvalue weighted by Gasteiger charge is -2.31. The Bertz CT molecular complexity index is 2660. The molecule has 0 aliphatic carbocycles. The summed E-state index contributed by atoms with van der Waals surface area (Å²) in [5.41, 5.74) is 3.57. The highest BCUT2D eigenvalue weighted by Gasteiger charge is 2.47. The minimum Gasteiger partial charge on any atom is -0.493 e. The largest absolute Gasteiger partial charge is 0.493 e. The molecule has 19 nitrogen and oxygen atoms in total. The minimum atomic E-state index is -1.38. The van der Waals surface area contributed by atoms with E-state index in [2.05, 4.69) is 17.2 Å². The molecule has 0 radical (unpaired) electrons. The van der Waals surface area contributed by atoms with Crippen molar-refractivity contribution in [3.63, 3.8) is 0 Å². The third-order valence-corrected chi connectivity index (χ3v) is 14.6. The number of amides is 5. The molecule has 0 aromatic heterocycles. The first-order chi connectivity index (χ1) is 36.1. The van der Waals surface area contributed by atoms with Crippen LogP contribution in [0, 0.1) is 24.7 Å². The molecule has 5 amide bonds. The summed E-state index contributed by atoms with van der Waals surface area (Å²) >= 11 is 0. The van der Waals surface area contributed by atoms with E-state index in [1.165, 1.54) is 4.90 Å². The number of anilines is 2. The van der Waals surface area contributed by atoms with Crippen molar-refractivity contribution < 1.29 is 62.4 Å². The Balaban J connectivity index is 0.785. The Hall–Kier alpha value is -6.86. The molecule has 5 aliphatic heterocycles. The fourth-order valence-corrected chi connectivity index (χ4v) is 10.4. The zero-order valence-corrected chi connectivity index (χ0v) is 43.7. The molecule has 75 heavy (non-hydrogen) atoms. The quantitative estimate of drug-likeness (QED) is 0.0678. The standard InChI is InChI=1S/C56H70N6O13/c1-34-22-40-29-58-45-27-50(49(71-5)26-43(45)53(67)60(40)31-34)74-20-8-6-7-19-73-48-28-46-44(24-36(48)3)54(68)61-32-35(2)23-47(61)55(69)62(46)56(70)75-33-38-11-13-39(14-12-38)57-30-42(64)16-21-72-18-9-10-41(63)15-17-59-51(65)25-37(4)52(59)66/h11-14,24,26-29,34-35,37,40,47,55,57,69H,6-10,15-23,25,30-33H2,1-5H3/t34?,35?,37?,40-,47-,55-/m0/s1. The van der Waals surface area contributed by atoms with Crippen molar-refractivity contribution in [2.45, 2.75) is 117 Å². The number of methoxy groups -OCH3 is 1. The van der Waals surface area contributed by atoms with E-state index in [4.69, 9.17) is 23.7 Å². The summed E-state index contributed by atoms with van der Waals surface area (Å²) < 4.78 is 29.4. The van der Waals surface area contributed by atoms with Crippen molar-refractivity contribution in [2.75, 3.05) is 69.9 Å². The molecule has 3 fully saturated rings. The van der Waals surface area contributed by atoms with Gasteiger partial charge in [-0.25, -0.2) is 9.69 Å². The van der Waals surface area contributed by atoms with Gasteiger partial charge < -0.3 is 43.9 Å². The molecule has 6 atom stereocenters. The van der Waals surface area contributed by atoms with Gasteiger partial charge >= 0.3 is 6.09 Å². The van der Waals surface area contributed by atoms with Gasteiger partial charge in [-0.2, -0.15) is 0 Å². The normalized spacial score (nSPS) is 21.8. The Kier molecular flexibility index (Phi) is 17.9. The van der Waals surface area contributed by atoms with E-state index in [1.807, 2.05) is 25.0 Å². The number of aliphatic imine (C=N–C) groups is 1. The minimum absolute atomic E-state index is 0.0191. The van der Waals surface area contributed by atoms with Crippen LogP contribution in [0.2, 0.25) is 0 Å². The van der Waals surface area contributed by atoms with Crippen LogP contribution in [0.1, 0.15) is 117 Å². The molecule has 5 aliphatic rings. The number of imide groups is 1. The molecule has 3 unspecified atom stereocenters. The number of nitrogens with zero attached hydrogens (tertiary/aromatic N) is 5. The molecule has 19 heteroatoms. The highest BCUT2D eigenvalue weighted by molar-refractivity contribution is 6.06. The summed E-state index contributed by atoms with van der Waals surface area (Å²) in [5, 5.41) is 15.0. The third kappa shape index (κ3) is 13.0. The van der Waals surface area contributed by atoms with Crippen molar-refractivity contribution in [3.05, 3.63) is 70.8 Å². The summed E-state index contributed by atoms with van der Waals surface area (Å²) in [5.74, 6) is 0.734. The van der Waals surface area contributed by atoms with Gasteiger partial charge in [0.05, 0.1) is 68.1 Å².